The van der Waals surface area contributed by atoms with Gasteiger partial charge < -0.3 is 15.0 Å². The molecule has 0 bridgehead atoms. The minimum absolute atomic E-state index is 0.0212. The number of nitrogens with zero attached hydrogens (tertiary/aromatic N) is 2. The number of aliphatic hydroxyl groups excluding tert-OH is 1. The van der Waals surface area contributed by atoms with Crippen molar-refractivity contribution in [2.45, 2.75) is 33.2 Å². The van der Waals surface area contributed by atoms with Gasteiger partial charge in [-0.15, -0.1) is 0 Å². The smallest absolute Gasteiger partial charge is 0.226 e. The Bertz CT molecular complexity index is 321. The van der Waals surface area contributed by atoms with Gasteiger partial charge in [0.2, 0.25) is 5.91 Å². The number of H-pyrrole nitrogens is 1. The highest BCUT2D eigenvalue weighted by molar-refractivity contribution is 5.78. The molecule has 5 nitrogen and oxygen atoms in total. The summed E-state index contributed by atoms with van der Waals surface area (Å²) in [6.45, 7) is 4.79. The highest BCUT2D eigenvalue weighted by Gasteiger charge is 2.21. The van der Waals surface area contributed by atoms with Gasteiger partial charge in [0.15, 0.2) is 0 Å². The lowest BCUT2D eigenvalue weighted by Gasteiger charge is -2.25. The van der Waals surface area contributed by atoms with Gasteiger partial charge >= 0.3 is 0 Å². The summed E-state index contributed by atoms with van der Waals surface area (Å²) in [5, 5.41) is 9.02. The van der Waals surface area contributed by atoms with Gasteiger partial charge in [0.05, 0.1) is 13.2 Å². The summed E-state index contributed by atoms with van der Waals surface area (Å²) in [5.74, 6) is 0.884. The Morgan fingerprint density at radius 2 is 2.24 bits per heavy atom. The van der Waals surface area contributed by atoms with E-state index in [4.69, 9.17) is 5.11 Å². The van der Waals surface area contributed by atoms with Crippen molar-refractivity contribution in [1.29, 1.82) is 0 Å². The van der Waals surface area contributed by atoms with Crippen LogP contribution in [0.15, 0.2) is 12.4 Å². The Morgan fingerprint density at radius 1 is 1.53 bits per heavy atom. The van der Waals surface area contributed by atoms with Crippen LogP contribution in [0.1, 0.15) is 32.5 Å². The average Bonchev–Trinajstić information content (AvgIpc) is 2.83. The van der Waals surface area contributed by atoms with E-state index in [0.29, 0.717) is 13.1 Å². The summed E-state index contributed by atoms with van der Waals surface area (Å²) in [5.41, 5.74) is 0. The highest BCUT2D eigenvalue weighted by atomic mass is 16.3. The summed E-state index contributed by atoms with van der Waals surface area (Å²) in [6.07, 6.45) is 5.05. The van der Waals surface area contributed by atoms with Crippen LogP contribution in [-0.2, 0) is 11.3 Å². The van der Waals surface area contributed by atoms with E-state index in [1.807, 2.05) is 13.8 Å². The van der Waals surface area contributed by atoms with Gasteiger partial charge in [-0.25, -0.2) is 4.98 Å². The number of carbonyl (C=O) groups is 1. The number of aliphatic hydroxyl groups is 1. The molecule has 17 heavy (non-hydrogen) atoms. The van der Waals surface area contributed by atoms with E-state index in [1.165, 1.54) is 0 Å². The summed E-state index contributed by atoms with van der Waals surface area (Å²) >= 11 is 0. The summed E-state index contributed by atoms with van der Waals surface area (Å²) in [4.78, 5) is 20.9. The third kappa shape index (κ3) is 3.85. The number of nitrogens with one attached hydrogen (secondary N) is 1. The van der Waals surface area contributed by atoms with Crippen LogP contribution in [0.2, 0.25) is 0 Å². The van der Waals surface area contributed by atoms with E-state index in [0.717, 1.165) is 18.7 Å². The number of hydrogen-bond donors (Lipinski definition) is 2. The molecular formula is C12H21N3O2. The predicted octanol–water partition coefficient (Wildman–Crippen LogP) is 1.17. The van der Waals surface area contributed by atoms with E-state index in [2.05, 4.69) is 9.97 Å². The molecule has 1 amide bonds. The van der Waals surface area contributed by atoms with Crippen LogP contribution in [0.4, 0.5) is 0 Å². The largest absolute Gasteiger partial charge is 0.395 e. The molecule has 0 aliphatic rings. The minimum Gasteiger partial charge on any atom is -0.395 e. The van der Waals surface area contributed by atoms with Gasteiger partial charge in [-0.1, -0.05) is 13.8 Å². The first kappa shape index (κ1) is 13.7. The van der Waals surface area contributed by atoms with Crippen molar-refractivity contribution in [3.05, 3.63) is 18.2 Å². The highest BCUT2D eigenvalue weighted by Crippen LogP contribution is 2.13. The fraction of sp³-hybridized carbons (Fsp3) is 0.667. The van der Waals surface area contributed by atoms with Crippen LogP contribution in [0.3, 0.4) is 0 Å². The Hall–Kier alpha value is -1.36. The van der Waals surface area contributed by atoms with Gasteiger partial charge in [-0.05, 0) is 12.8 Å². The van der Waals surface area contributed by atoms with Crippen molar-refractivity contribution in [2.24, 2.45) is 5.92 Å². The lowest BCUT2D eigenvalue weighted by atomic mass is 10.0. The quantitative estimate of drug-likeness (QED) is 0.750. The molecule has 1 rings (SSSR count). The van der Waals surface area contributed by atoms with Crippen LogP contribution in [-0.4, -0.2) is 39.0 Å². The molecule has 0 aliphatic carbocycles. The number of rotatable bonds is 7. The van der Waals surface area contributed by atoms with Crippen molar-refractivity contribution in [3.8, 4) is 0 Å². The molecule has 0 aliphatic heterocycles. The molecule has 0 spiro atoms. The molecule has 1 heterocycles. The third-order valence-electron chi connectivity index (χ3n) is 2.91. The second-order valence-corrected chi connectivity index (χ2v) is 4.03. The fourth-order valence-electron chi connectivity index (χ4n) is 1.85. The van der Waals surface area contributed by atoms with Crippen molar-refractivity contribution in [3.63, 3.8) is 0 Å². The Kier molecular flexibility index (Phi) is 5.69. The van der Waals surface area contributed by atoms with Crippen molar-refractivity contribution in [1.82, 2.24) is 14.9 Å². The molecule has 0 fully saturated rings. The minimum atomic E-state index is -0.0212. The molecule has 0 aromatic carbocycles. The Balaban J connectivity index is 2.67. The fourth-order valence-corrected chi connectivity index (χ4v) is 1.85. The zero-order chi connectivity index (χ0) is 12.7. The van der Waals surface area contributed by atoms with E-state index < -0.39 is 0 Å². The van der Waals surface area contributed by atoms with Crippen LogP contribution in [0.25, 0.3) is 0 Å². The maximum atomic E-state index is 12.2. The molecule has 0 saturated heterocycles. The SMILES string of the molecule is CCC(CC)C(=O)N(CCO)Cc1ncc[nH]1. The van der Waals surface area contributed by atoms with Gasteiger partial charge in [0.25, 0.3) is 0 Å². The van der Waals surface area contributed by atoms with Gasteiger partial charge in [-0.2, -0.15) is 0 Å². The monoisotopic (exact) mass is 239 g/mol. The normalized spacial score (nSPS) is 10.8. The molecule has 0 radical (unpaired) electrons. The van der Waals surface area contributed by atoms with Gasteiger partial charge in [0, 0.05) is 24.9 Å². The number of amides is 1. The third-order valence-corrected chi connectivity index (χ3v) is 2.91. The first-order chi connectivity index (χ1) is 8.22. The summed E-state index contributed by atoms with van der Waals surface area (Å²) in [6, 6.07) is 0. The number of aromatic amines is 1. The maximum Gasteiger partial charge on any atom is 0.226 e. The lowest BCUT2D eigenvalue weighted by Crippen LogP contribution is -2.37. The van der Waals surface area contributed by atoms with Crippen LogP contribution in [0.5, 0.6) is 0 Å². The second-order valence-electron chi connectivity index (χ2n) is 4.03. The summed E-state index contributed by atoms with van der Waals surface area (Å²) in [7, 11) is 0. The van der Waals surface area contributed by atoms with Crippen LogP contribution >= 0.6 is 0 Å². The van der Waals surface area contributed by atoms with Gasteiger partial charge in [0.1, 0.15) is 5.82 Å². The average molecular weight is 239 g/mol. The molecule has 96 valence electrons. The molecule has 0 atom stereocenters. The van der Waals surface area contributed by atoms with Crippen molar-refractivity contribution in [2.75, 3.05) is 13.2 Å². The molecule has 2 N–H and O–H groups in total. The zero-order valence-corrected chi connectivity index (χ0v) is 10.5. The molecule has 0 saturated carbocycles. The summed E-state index contributed by atoms with van der Waals surface area (Å²) < 4.78 is 0. The number of imidazole rings is 1. The zero-order valence-electron chi connectivity index (χ0n) is 10.5. The standard InChI is InChI=1S/C12H21N3O2/c1-3-10(4-2)12(17)15(7-8-16)9-11-13-5-6-14-11/h5-6,10,16H,3-4,7-9H2,1-2H3,(H,13,14). The first-order valence-corrected chi connectivity index (χ1v) is 6.10. The van der Waals surface area contributed by atoms with Crippen molar-refractivity contribution >= 4 is 5.91 Å². The van der Waals surface area contributed by atoms with Gasteiger partial charge in [-0.3, -0.25) is 4.79 Å². The molecule has 1 aromatic rings. The molecule has 0 unspecified atom stereocenters. The number of aromatic nitrogens is 2. The second kappa shape index (κ2) is 7.06. The van der Waals surface area contributed by atoms with E-state index in [9.17, 15) is 4.79 Å². The number of carbonyl (C=O) groups excluding carboxylic acids is 1. The van der Waals surface area contributed by atoms with Crippen LogP contribution < -0.4 is 0 Å². The van der Waals surface area contributed by atoms with E-state index in [-0.39, 0.29) is 18.4 Å². The molecular weight excluding hydrogens is 218 g/mol. The maximum absolute atomic E-state index is 12.2. The molecule has 5 heteroatoms. The van der Waals surface area contributed by atoms with Crippen LogP contribution in [0, 0.1) is 5.92 Å². The predicted molar refractivity (Wildman–Crippen MR) is 65.2 cm³/mol. The topological polar surface area (TPSA) is 69.2 Å². The number of hydrogen-bond acceptors (Lipinski definition) is 3. The lowest BCUT2D eigenvalue weighted by molar-refractivity contribution is -0.137. The molecule has 1 aromatic heterocycles. The van der Waals surface area contributed by atoms with E-state index in [1.54, 1.807) is 17.3 Å². The first-order valence-electron chi connectivity index (χ1n) is 6.10. The van der Waals surface area contributed by atoms with E-state index >= 15 is 0 Å². The Labute approximate surface area is 102 Å². The Morgan fingerprint density at radius 3 is 2.71 bits per heavy atom. The van der Waals surface area contributed by atoms with Crippen molar-refractivity contribution < 1.29 is 9.90 Å².